The number of imidazole rings is 2. The van der Waals surface area contributed by atoms with Gasteiger partial charge in [-0.2, -0.15) is 0 Å². The molecule has 3 aliphatic rings. The molecule has 0 spiro atoms. The van der Waals surface area contributed by atoms with Crippen LogP contribution in [0.4, 0.5) is 0 Å². The number of fused-ring (bicyclic) bond motifs is 8. The maximum absolute atomic E-state index is 13.6. The number of aryl methyl sites for hydroxylation is 1. The first kappa shape index (κ1) is 28.8. The van der Waals surface area contributed by atoms with Crippen molar-refractivity contribution in [3.8, 4) is 23.7 Å². The van der Waals surface area contributed by atoms with Crippen LogP contribution in [-0.4, -0.2) is 72.1 Å². The van der Waals surface area contributed by atoms with E-state index in [4.69, 9.17) is 22.8 Å². The number of carbonyl (C=O) groups excluding carboxylic acids is 2. The molecule has 11 nitrogen and oxygen atoms in total. The van der Waals surface area contributed by atoms with E-state index in [2.05, 4.69) is 20.8 Å². The van der Waals surface area contributed by atoms with Crippen molar-refractivity contribution in [2.45, 2.75) is 44.8 Å². The van der Waals surface area contributed by atoms with E-state index in [-0.39, 0.29) is 23.9 Å². The number of hydrogen-bond donors (Lipinski definition) is 1. The summed E-state index contributed by atoms with van der Waals surface area (Å²) >= 11 is 6.23. The molecule has 1 N–H and O–H groups in total. The molecule has 2 aromatic heterocycles. The van der Waals surface area contributed by atoms with E-state index in [0.29, 0.717) is 72.3 Å². The standard InChI is InChI=1S/C33H29ClN6O5/c1-3-19-8-10-24-22(14-19)31(41)38-12-4-6-25(38)30-29(32(42)43)36-27(40(24)30)7-5-13-45-33(44)28-26-17-37(2)16-20-15-21(34)9-11-23(20)39(26)18-35-28/h1,8-11,14-15,18,25H,4-7,12-13,16-17H2,2H3,(H,42,43)/t25-/m0/s1. The number of carboxylic acid groups (broad SMARTS) is 1. The Bertz CT molecular complexity index is 1940. The zero-order valence-corrected chi connectivity index (χ0v) is 25.3. The van der Waals surface area contributed by atoms with Crippen molar-refractivity contribution in [3.05, 3.63) is 93.0 Å². The molecule has 1 fully saturated rings. The Kier molecular flexibility index (Phi) is 7.19. The van der Waals surface area contributed by atoms with E-state index in [1.54, 1.807) is 34.0 Å². The highest BCUT2D eigenvalue weighted by Gasteiger charge is 2.41. The molecule has 228 valence electrons. The molecule has 0 unspecified atom stereocenters. The van der Waals surface area contributed by atoms with Crippen LogP contribution in [0.1, 0.15) is 85.0 Å². The monoisotopic (exact) mass is 624 g/mol. The number of carboxylic acids is 1. The van der Waals surface area contributed by atoms with Crippen molar-refractivity contribution < 1.29 is 24.2 Å². The number of terminal acetylenes is 1. The summed E-state index contributed by atoms with van der Waals surface area (Å²) in [4.78, 5) is 52.0. The van der Waals surface area contributed by atoms with Gasteiger partial charge in [-0.3, -0.25) is 14.3 Å². The third-order valence-corrected chi connectivity index (χ3v) is 8.88. The normalized spacial score (nSPS) is 16.9. The van der Waals surface area contributed by atoms with Gasteiger partial charge in [-0.05, 0) is 68.3 Å². The number of carbonyl (C=O) groups is 3. The number of halogens is 1. The minimum absolute atomic E-state index is 0.0646. The van der Waals surface area contributed by atoms with Crippen molar-refractivity contribution in [2.75, 3.05) is 20.2 Å². The lowest BCUT2D eigenvalue weighted by Crippen LogP contribution is -2.30. The molecule has 12 heteroatoms. The van der Waals surface area contributed by atoms with Gasteiger partial charge < -0.3 is 19.3 Å². The van der Waals surface area contributed by atoms with E-state index in [1.807, 2.05) is 29.8 Å². The number of benzene rings is 2. The van der Waals surface area contributed by atoms with Gasteiger partial charge in [-0.15, -0.1) is 6.42 Å². The molecule has 1 saturated heterocycles. The van der Waals surface area contributed by atoms with Crippen LogP contribution in [0.3, 0.4) is 0 Å². The first-order valence-corrected chi connectivity index (χ1v) is 15.1. The molecule has 1 atom stereocenters. The smallest absolute Gasteiger partial charge is 0.358 e. The highest BCUT2D eigenvalue weighted by atomic mass is 35.5. The Labute approximate surface area is 264 Å². The molecule has 0 radical (unpaired) electrons. The van der Waals surface area contributed by atoms with Crippen molar-refractivity contribution >= 4 is 29.4 Å². The van der Waals surface area contributed by atoms with Crippen molar-refractivity contribution in [1.82, 2.24) is 28.9 Å². The Balaban J connectivity index is 1.15. The Morgan fingerprint density at radius 1 is 1.16 bits per heavy atom. The average Bonchev–Trinajstić information content (AvgIpc) is 3.72. The molecule has 0 bridgehead atoms. The highest BCUT2D eigenvalue weighted by molar-refractivity contribution is 6.30. The van der Waals surface area contributed by atoms with Gasteiger partial charge in [0.25, 0.3) is 5.91 Å². The maximum Gasteiger partial charge on any atom is 0.358 e. The van der Waals surface area contributed by atoms with Crippen molar-refractivity contribution in [3.63, 3.8) is 0 Å². The zero-order chi connectivity index (χ0) is 31.4. The number of aromatic nitrogens is 4. The van der Waals surface area contributed by atoms with Gasteiger partial charge in [0.05, 0.1) is 41.0 Å². The largest absolute Gasteiger partial charge is 0.476 e. The summed E-state index contributed by atoms with van der Waals surface area (Å²) in [6, 6.07) is 10.4. The van der Waals surface area contributed by atoms with E-state index < -0.39 is 18.0 Å². The van der Waals surface area contributed by atoms with Crippen LogP contribution in [0, 0.1) is 12.3 Å². The molecule has 5 heterocycles. The van der Waals surface area contributed by atoms with E-state index in [1.165, 1.54) is 0 Å². The topological polar surface area (TPSA) is 123 Å². The molecule has 0 saturated carbocycles. The van der Waals surface area contributed by atoms with Crippen molar-refractivity contribution in [1.29, 1.82) is 0 Å². The lowest BCUT2D eigenvalue weighted by Gasteiger charge is -2.22. The van der Waals surface area contributed by atoms with Gasteiger partial charge in [0.1, 0.15) is 12.2 Å². The van der Waals surface area contributed by atoms with Crippen LogP contribution in [0.2, 0.25) is 5.02 Å². The van der Waals surface area contributed by atoms with Gasteiger partial charge in [0.2, 0.25) is 0 Å². The second-order valence-corrected chi connectivity index (χ2v) is 12.0. The fraction of sp³-hybridized carbons (Fsp3) is 0.303. The third-order valence-electron chi connectivity index (χ3n) is 8.65. The van der Waals surface area contributed by atoms with Crippen LogP contribution in [0.25, 0.3) is 11.4 Å². The van der Waals surface area contributed by atoms with Gasteiger partial charge in [0.15, 0.2) is 11.4 Å². The van der Waals surface area contributed by atoms with Crippen LogP contribution in [0.15, 0.2) is 42.7 Å². The zero-order valence-electron chi connectivity index (χ0n) is 24.5. The van der Waals surface area contributed by atoms with Crippen molar-refractivity contribution in [2.24, 2.45) is 0 Å². The van der Waals surface area contributed by atoms with E-state index in [9.17, 15) is 19.5 Å². The molecule has 7 rings (SSSR count). The van der Waals surface area contributed by atoms with Crippen LogP contribution < -0.4 is 0 Å². The van der Waals surface area contributed by atoms with E-state index in [0.717, 1.165) is 23.4 Å². The van der Waals surface area contributed by atoms with E-state index >= 15 is 0 Å². The summed E-state index contributed by atoms with van der Waals surface area (Å²) in [6.45, 7) is 1.74. The number of aromatic carboxylic acids is 1. The highest BCUT2D eigenvalue weighted by Crippen LogP contribution is 2.41. The average molecular weight is 625 g/mol. The summed E-state index contributed by atoms with van der Waals surface area (Å²) in [7, 11) is 1.96. The molecule has 1 amide bonds. The van der Waals surface area contributed by atoms with Gasteiger partial charge >= 0.3 is 11.9 Å². The Morgan fingerprint density at radius 2 is 1.98 bits per heavy atom. The number of amides is 1. The quantitative estimate of drug-likeness (QED) is 0.190. The predicted octanol–water partition coefficient (Wildman–Crippen LogP) is 4.42. The summed E-state index contributed by atoms with van der Waals surface area (Å²) in [5.74, 6) is 1.18. The summed E-state index contributed by atoms with van der Waals surface area (Å²) in [6.07, 6.45) is 9.33. The number of hydrogen-bond acceptors (Lipinski definition) is 7. The van der Waals surface area contributed by atoms with Crippen LogP contribution >= 0.6 is 11.6 Å². The first-order valence-electron chi connectivity index (χ1n) is 14.7. The number of rotatable bonds is 6. The third kappa shape index (κ3) is 4.87. The SMILES string of the molecule is C#Cc1ccc2c(c1)C(=O)N1CCC[C@H]1c1c(C(=O)O)nc(CCCOC(=O)c3ncn4c3CN(C)Cc3cc(Cl)ccc3-4)n1-2. The number of ether oxygens (including phenoxy) is 1. The lowest BCUT2D eigenvalue weighted by atomic mass is 10.1. The number of esters is 1. The fourth-order valence-electron chi connectivity index (χ4n) is 6.71. The fourth-order valence-corrected chi connectivity index (χ4v) is 6.90. The number of nitrogens with zero attached hydrogens (tertiary/aromatic N) is 6. The summed E-state index contributed by atoms with van der Waals surface area (Å²) < 4.78 is 9.37. The molecule has 2 aromatic carbocycles. The van der Waals surface area contributed by atoms with Crippen LogP contribution in [0.5, 0.6) is 0 Å². The minimum atomic E-state index is -1.16. The van der Waals surface area contributed by atoms with Gasteiger partial charge in [-0.25, -0.2) is 19.6 Å². The summed E-state index contributed by atoms with van der Waals surface area (Å²) in [5.41, 5.74) is 4.82. The summed E-state index contributed by atoms with van der Waals surface area (Å²) in [5, 5.41) is 10.8. The molecular formula is C33H29ClN6O5. The lowest BCUT2D eigenvalue weighted by molar-refractivity contribution is 0.0490. The predicted molar refractivity (Wildman–Crippen MR) is 164 cm³/mol. The molecule has 4 aromatic rings. The Hall–Kier alpha value is -4.92. The maximum atomic E-state index is 13.6. The first-order chi connectivity index (χ1) is 21.7. The molecule has 3 aliphatic heterocycles. The minimum Gasteiger partial charge on any atom is -0.476 e. The van der Waals surface area contributed by atoms with Gasteiger partial charge in [0, 0.05) is 36.6 Å². The molecular weight excluding hydrogens is 596 g/mol. The second-order valence-electron chi connectivity index (χ2n) is 11.5. The molecule has 45 heavy (non-hydrogen) atoms. The Morgan fingerprint density at radius 3 is 2.78 bits per heavy atom. The van der Waals surface area contributed by atoms with Gasteiger partial charge in [-0.1, -0.05) is 17.5 Å². The van der Waals surface area contributed by atoms with Crippen LogP contribution in [-0.2, 0) is 24.2 Å². The second kappa shape index (κ2) is 11.2. The molecule has 0 aliphatic carbocycles.